The van der Waals surface area contributed by atoms with E-state index in [1.165, 1.54) is 37.7 Å². The number of piperidine rings is 1. The van der Waals surface area contributed by atoms with Gasteiger partial charge in [-0.2, -0.15) is 0 Å². The van der Waals surface area contributed by atoms with Crippen LogP contribution in [-0.4, -0.2) is 88.9 Å². The first-order chi connectivity index (χ1) is 22.5. The number of carbonyl (C=O) groups excluding carboxylic acids is 2. The molecule has 0 saturated carbocycles. The maximum absolute atomic E-state index is 15.5. The summed E-state index contributed by atoms with van der Waals surface area (Å²) in [6.45, 7) is 2.99. The first kappa shape index (κ1) is 33.3. The quantitative estimate of drug-likeness (QED) is 0.316. The van der Waals surface area contributed by atoms with Crippen molar-refractivity contribution in [1.82, 2.24) is 14.7 Å². The summed E-state index contributed by atoms with van der Waals surface area (Å²) < 4.78 is 41.2. The standard InChI is InChI=1S/C35H41ClN4O6S/c1-37(2)33(41)31-9-8-20-39(31)35(29-21-24(10-17-32(29)46-4)23-38-18-6-5-7-19-38)28-22-25(36)11-16-30(28)40(34(35)42)47(43,44)27-14-12-26(45-3)13-15-27/h10-17,21-22,31H,5-9,18-20,23H2,1-4H3/t31?,35-/m0/s1. The molecule has 0 aliphatic carbocycles. The van der Waals surface area contributed by atoms with Crippen molar-refractivity contribution in [2.75, 3.05) is 52.3 Å². The predicted octanol–water partition coefficient (Wildman–Crippen LogP) is 4.87. The summed E-state index contributed by atoms with van der Waals surface area (Å²) in [6.07, 6.45) is 4.59. The van der Waals surface area contributed by atoms with Gasteiger partial charge in [0.2, 0.25) is 5.91 Å². The van der Waals surface area contributed by atoms with Crippen molar-refractivity contribution in [3.05, 3.63) is 82.4 Å². The van der Waals surface area contributed by atoms with Crippen LogP contribution in [0, 0.1) is 0 Å². The molecule has 0 spiro atoms. The third-order valence-corrected chi connectivity index (χ3v) is 11.5. The molecule has 2 amide bonds. The van der Waals surface area contributed by atoms with Gasteiger partial charge in [0, 0.05) is 43.3 Å². The lowest BCUT2D eigenvalue weighted by molar-refractivity contribution is -0.138. The topological polar surface area (TPSA) is 99.7 Å². The number of likely N-dealkylation sites (tertiary alicyclic amines) is 2. The van der Waals surface area contributed by atoms with Gasteiger partial charge in [-0.15, -0.1) is 0 Å². The van der Waals surface area contributed by atoms with Crippen molar-refractivity contribution in [1.29, 1.82) is 0 Å². The van der Waals surface area contributed by atoms with E-state index in [0.29, 0.717) is 53.6 Å². The summed E-state index contributed by atoms with van der Waals surface area (Å²) in [5, 5.41) is 0.336. The second-order valence-corrected chi connectivity index (χ2v) is 14.8. The Morgan fingerprint density at radius 3 is 2.30 bits per heavy atom. The van der Waals surface area contributed by atoms with Crippen LogP contribution in [0.3, 0.4) is 0 Å². The lowest BCUT2D eigenvalue weighted by Crippen LogP contribution is -2.59. The minimum Gasteiger partial charge on any atom is -0.497 e. The van der Waals surface area contributed by atoms with E-state index in [9.17, 15) is 13.2 Å². The lowest BCUT2D eigenvalue weighted by atomic mass is 9.80. The van der Waals surface area contributed by atoms with Crippen LogP contribution in [-0.2, 0) is 31.7 Å². The molecule has 0 aromatic heterocycles. The lowest BCUT2D eigenvalue weighted by Gasteiger charge is -2.42. The van der Waals surface area contributed by atoms with Gasteiger partial charge in [0.1, 0.15) is 11.5 Å². The van der Waals surface area contributed by atoms with Gasteiger partial charge in [0.05, 0.1) is 30.8 Å². The average molecular weight is 681 g/mol. The van der Waals surface area contributed by atoms with E-state index >= 15 is 4.79 Å². The van der Waals surface area contributed by atoms with Gasteiger partial charge in [0.25, 0.3) is 15.9 Å². The smallest absolute Gasteiger partial charge is 0.271 e. The number of anilines is 1. The number of carbonyl (C=O) groups is 2. The molecule has 3 heterocycles. The zero-order chi connectivity index (χ0) is 33.5. The second kappa shape index (κ2) is 13.1. The van der Waals surface area contributed by atoms with E-state index in [-0.39, 0.29) is 16.5 Å². The third-order valence-electron chi connectivity index (χ3n) is 9.58. The van der Waals surface area contributed by atoms with Crippen LogP contribution >= 0.6 is 11.6 Å². The zero-order valence-corrected chi connectivity index (χ0v) is 28.8. The number of amides is 2. The van der Waals surface area contributed by atoms with Crippen LogP contribution in [0.2, 0.25) is 5.02 Å². The minimum absolute atomic E-state index is 0.0727. The minimum atomic E-state index is -4.44. The number of hydrogen-bond acceptors (Lipinski definition) is 8. The molecule has 2 saturated heterocycles. The fraction of sp³-hybridized carbons (Fsp3) is 0.429. The fourth-order valence-corrected chi connectivity index (χ4v) is 9.00. The first-order valence-corrected chi connectivity index (χ1v) is 17.8. The molecule has 12 heteroatoms. The molecule has 3 aliphatic heterocycles. The summed E-state index contributed by atoms with van der Waals surface area (Å²) in [7, 11) is 1.97. The Labute approximate surface area is 281 Å². The maximum atomic E-state index is 15.5. The zero-order valence-electron chi connectivity index (χ0n) is 27.2. The number of halogens is 1. The molecule has 47 heavy (non-hydrogen) atoms. The Morgan fingerprint density at radius 2 is 1.64 bits per heavy atom. The van der Waals surface area contributed by atoms with E-state index in [2.05, 4.69) is 4.90 Å². The molecular formula is C35H41ClN4O6S. The first-order valence-electron chi connectivity index (χ1n) is 16.0. The summed E-state index contributed by atoms with van der Waals surface area (Å²) in [5.74, 6) is 0.0181. The largest absolute Gasteiger partial charge is 0.497 e. The number of ether oxygens (including phenoxy) is 2. The average Bonchev–Trinajstić information content (AvgIpc) is 3.65. The molecule has 2 fully saturated rings. The SMILES string of the molecule is COc1ccc(S(=O)(=O)N2C(=O)[C@](c3cc(CN4CCCCC4)ccc3OC)(N3CCCC3C(=O)N(C)C)c3cc(Cl)ccc32)cc1. The number of benzene rings is 3. The molecule has 0 N–H and O–H groups in total. The summed E-state index contributed by atoms with van der Waals surface area (Å²) in [4.78, 5) is 35.0. The van der Waals surface area contributed by atoms with Gasteiger partial charge in [-0.1, -0.05) is 24.1 Å². The highest BCUT2D eigenvalue weighted by Crippen LogP contribution is 2.55. The van der Waals surface area contributed by atoms with E-state index in [1.54, 1.807) is 44.4 Å². The van der Waals surface area contributed by atoms with Crippen molar-refractivity contribution in [3.63, 3.8) is 0 Å². The second-order valence-electron chi connectivity index (χ2n) is 12.6. The van der Waals surface area contributed by atoms with Gasteiger partial charge in [-0.05, 0) is 98.9 Å². The van der Waals surface area contributed by atoms with Crippen molar-refractivity contribution < 1.29 is 27.5 Å². The normalized spacial score (nSPS) is 21.9. The fourth-order valence-electron chi connectivity index (χ4n) is 7.37. The number of sulfonamides is 1. The van der Waals surface area contributed by atoms with E-state index in [1.807, 2.05) is 23.1 Å². The Hall–Kier alpha value is -3.64. The molecule has 2 atom stereocenters. The van der Waals surface area contributed by atoms with Gasteiger partial charge >= 0.3 is 0 Å². The highest BCUT2D eigenvalue weighted by atomic mass is 35.5. The third kappa shape index (κ3) is 5.67. The molecule has 0 radical (unpaired) electrons. The molecule has 3 aromatic carbocycles. The van der Waals surface area contributed by atoms with Crippen LogP contribution in [0.15, 0.2) is 65.6 Å². The molecule has 10 nitrogen and oxygen atoms in total. The predicted molar refractivity (Wildman–Crippen MR) is 180 cm³/mol. The summed E-state index contributed by atoms with van der Waals surface area (Å²) in [6, 6.07) is 15.8. The number of fused-ring (bicyclic) bond motifs is 1. The number of hydrogen-bond donors (Lipinski definition) is 0. The summed E-state index contributed by atoms with van der Waals surface area (Å²) in [5.41, 5.74) is 0.273. The van der Waals surface area contributed by atoms with E-state index in [4.69, 9.17) is 21.1 Å². The number of methoxy groups -OCH3 is 2. The number of rotatable bonds is 9. The van der Waals surface area contributed by atoms with E-state index < -0.39 is 27.5 Å². The maximum Gasteiger partial charge on any atom is 0.271 e. The van der Waals surface area contributed by atoms with Gasteiger partial charge < -0.3 is 14.4 Å². The molecule has 3 aromatic rings. The highest BCUT2D eigenvalue weighted by Gasteiger charge is 2.63. The summed E-state index contributed by atoms with van der Waals surface area (Å²) >= 11 is 6.66. The van der Waals surface area contributed by atoms with Crippen molar-refractivity contribution >= 4 is 39.1 Å². The van der Waals surface area contributed by atoms with E-state index in [0.717, 1.165) is 35.8 Å². The molecule has 0 bridgehead atoms. The molecular weight excluding hydrogens is 640 g/mol. The van der Waals surface area contributed by atoms with Gasteiger partial charge in [-0.3, -0.25) is 19.4 Å². The van der Waals surface area contributed by atoms with Crippen molar-refractivity contribution in [2.24, 2.45) is 0 Å². The monoisotopic (exact) mass is 680 g/mol. The number of likely N-dealkylation sites (N-methyl/N-ethyl adjacent to an activating group) is 1. The molecule has 250 valence electrons. The van der Waals surface area contributed by atoms with Crippen molar-refractivity contribution in [2.45, 2.75) is 55.1 Å². The highest BCUT2D eigenvalue weighted by molar-refractivity contribution is 7.93. The Kier molecular flexibility index (Phi) is 9.28. The van der Waals surface area contributed by atoms with Crippen molar-refractivity contribution in [3.8, 4) is 11.5 Å². The van der Waals surface area contributed by atoms with Crippen LogP contribution in [0.5, 0.6) is 11.5 Å². The van der Waals surface area contributed by atoms with Crippen LogP contribution in [0.25, 0.3) is 0 Å². The molecule has 1 unspecified atom stereocenters. The Balaban J connectivity index is 1.62. The number of nitrogens with zero attached hydrogens (tertiary/aromatic N) is 4. The van der Waals surface area contributed by atoms with Crippen LogP contribution in [0.1, 0.15) is 48.8 Å². The Bertz CT molecular complexity index is 1780. The Morgan fingerprint density at radius 1 is 0.915 bits per heavy atom. The van der Waals surface area contributed by atoms with Gasteiger partial charge in [0.15, 0.2) is 5.54 Å². The molecule has 3 aliphatic rings. The van der Waals surface area contributed by atoms with Gasteiger partial charge in [-0.25, -0.2) is 12.7 Å². The van der Waals surface area contributed by atoms with Crippen LogP contribution in [0.4, 0.5) is 5.69 Å². The molecule has 6 rings (SSSR count). The van der Waals surface area contributed by atoms with Crippen LogP contribution < -0.4 is 13.8 Å².